The number of nitrogens with zero attached hydrogens (tertiary/aromatic N) is 1. The average molecular weight is 344 g/mol. The Morgan fingerprint density at radius 2 is 2.12 bits per heavy atom. The summed E-state index contributed by atoms with van der Waals surface area (Å²) in [5.41, 5.74) is 1.93. The van der Waals surface area contributed by atoms with E-state index in [2.05, 4.69) is 10.5 Å². The predicted molar refractivity (Wildman–Crippen MR) is 90.5 cm³/mol. The van der Waals surface area contributed by atoms with E-state index in [1.807, 2.05) is 16.8 Å². The molecule has 1 aromatic carbocycles. The third-order valence-electron chi connectivity index (χ3n) is 3.45. The molecule has 1 N–H and O–H groups in total. The summed E-state index contributed by atoms with van der Waals surface area (Å²) < 4.78 is 15.8. The molecule has 124 valence electrons. The van der Waals surface area contributed by atoms with Crippen molar-refractivity contribution in [2.75, 3.05) is 14.2 Å². The maximum absolute atomic E-state index is 12.2. The lowest BCUT2D eigenvalue weighted by Gasteiger charge is -2.07. The van der Waals surface area contributed by atoms with Crippen LogP contribution in [0.15, 0.2) is 45.6 Å². The normalized spacial score (nSPS) is 10.4. The zero-order chi connectivity index (χ0) is 16.9. The van der Waals surface area contributed by atoms with Gasteiger partial charge < -0.3 is 19.3 Å². The van der Waals surface area contributed by atoms with E-state index >= 15 is 0 Å². The Kier molecular flexibility index (Phi) is 4.81. The minimum atomic E-state index is -0.293. The van der Waals surface area contributed by atoms with Crippen LogP contribution in [0, 0.1) is 0 Å². The lowest BCUT2D eigenvalue weighted by molar-refractivity contribution is 0.0942. The van der Waals surface area contributed by atoms with E-state index in [9.17, 15) is 4.79 Å². The van der Waals surface area contributed by atoms with Crippen LogP contribution < -0.4 is 14.8 Å². The van der Waals surface area contributed by atoms with Crippen molar-refractivity contribution in [2.24, 2.45) is 0 Å². The summed E-state index contributed by atoms with van der Waals surface area (Å²) in [5, 5.41) is 10.6. The Bertz CT molecular complexity index is 827. The Morgan fingerprint density at radius 3 is 2.83 bits per heavy atom. The van der Waals surface area contributed by atoms with Crippen molar-refractivity contribution in [1.29, 1.82) is 0 Å². The van der Waals surface area contributed by atoms with Crippen LogP contribution in [0.2, 0.25) is 0 Å². The van der Waals surface area contributed by atoms with Crippen LogP contribution in [0.4, 0.5) is 0 Å². The van der Waals surface area contributed by atoms with Gasteiger partial charge in [0.25, 0.3) is 5.91 Å². The van der Waals surface area contributed by atoms with Gasteiger partial charge in [-0.1, -0.05) is 5.16 Å². The number of rotatable bonds is 6. The molecular weight excluding hydrogens is 328 g/mol. The Morgan fingerprint density at radius 1 is 1.25 bits per heavy atom. The second kappa shape index (κ2) is 7.18. The highest BCUT2D eigenvalue weighted by Crippen LogP contribution is 2.33. The molecule has 2 heterocycles. The van der Waals surface area contributed by atoms with Gasteiger partial charge in [0.2, 0.25) is 0 Å². The van der Waals surface area contributed by atoms with Gasteiger partial charge in [-0.15, -0.1) is 0 Å². The molecule has 0 saturated heterocycles. The summed E-state index contributed by atoms with van der Waals surface area (Å²) >= 11 is 1.58. The molecule has 0 radical (unpaired) electrons. The van der Waals surface area contributed by atoms with Crippen LogP contribution in [-0.2, 0) is 6.54 Å². The highest BCUT2D eigenvalue weighted by molar-refractivity contribution is 7.07. The maximum atomic E-state index is 12.2. The van der Waals surface area contributed by atoms with Crippen LogP contribution in [0.25, 0.3) is 11.3 Å². The first-order chi connectivity index (χ1) is 11.7. The van der Waals surface area contributed by atoms with Crippen LogP contribution in [0.5, 0.6) is 11.5 Å². The highest BCUT2D eigenvalue weighted by Gasteiger charge is 2.17. The van der Waals surface area contributed by atoms with E-state index in [0.29, 0.717) is 29.4 Å². The van der Waals surface area contributed by atoms with E-state index in [1.54, 1.807) is 49.8 Å². The van der Waals surface area contributed by atoms with Gasteiger partial charge in [-0.2, -0.15) is 11.3 Å². The second-order valence-electron chi connectivity index (χ2n) is 4.96. The van der Waals surface area contributed by atoms with Crippen LogP contribution in [-0.4, -0.2) is 25.3 Å². The number of carbonyl (C=O) groups excluding carboxylic acids is 1. The first-order valence-electron chi connectivity index (χ1n) is 7.19. The predicted octanol–water partition coefficient (Wildman–Crippen LogP) is 3.35. The zero-order valence-electron chi connectivity index (χ0n) is 13.2. The Hall–Kier alpha value is -2.80. The molecule has 0 aliphatic heterocycles. The van der Waals surface area contributed by atoms with Crippen molar-refractivity contribution < 1.29 is 18.8 Å². The Labute approximate surface area is 143 Å². The minimum absolute atomic E-state index is 0.213. The number of thiophene rings is 1. The molecule has 0 spiro atoms. The molecule has 0 fully saturated rings. The summed E-state index contributed by atoms with van der Waals surface area (Å²) in [6.45, 7) is 0.451. The first kappa shape index (κ1) is 16.1. The lowest BCUT2D eigenvalue weighted by Crippen LogP contribution is -2.22. The fourth-order valence-corrected chi connectivity index (χ4v) is 2.85. The standard InChI is InChI=1S/C17H16N2O4S/c1-21-12-3-4-15(22-2)13(7-12)16-8-14(19-23-16)17(20)18-9-11-5-6-24-10-11/h3-8,10H,9H2,1-2H3,(H,18,20). The summed E-state index contributed by atoms with van der Waals surface area (Å²) in [7, 11) is 3.14. The second-order valence-corrected chi connectivity index (χ2v) is 5.74. The molecule has 3 aromatic rings. The number of ether oxygens (including phenoxy) is 2. The lowest BCUT2D eigenvalue weighted by atomic mass is 10.1. The molecule has 0 unspecified atom stereocenters. The van der Waals surface area contributed by atoms with E-state index in [4.69, 9.17) is 14.0 Å². The van der Waals surface area contributed by atoms with Crippen molar-refractivity contribution in [3.05, 3.63) is 52.3 Å². The molecule has 2 aromatic heterocycles. The van der Waals surface area contributed by atoms with E-state index in [-0.39, 0.29) is 11.6 Å². The molecule has 0 atom stereocenters. The smallest absolute Gasteiger partial charge is 0.273 e. The van der Waals surface area contributed by atoms with Gasteiger partial charge in [0.15, 0.2) is 11.5 Å². The number of nitrogens with one attached hydrogen (secondary N) is 1. The highest BCUT2D eigenvalue weighted by atomic mass is 32.1. The van der Waals surface area contributed by atoms with Crippen LogP contribution >= 0.6 is 11.3 Å². The van der Waals surface area contributed by atoms with Gasteiger partial charge in [-0.3, -0.25) is 4.79 Å². The van der Waals surface area contributed by atoms with Crippen molar-refractivity contribution >= 4 is 17.2 Å². The van der Waals surface area contributed by atoms with E-state index < -0.39 is 0 Å². The number of aromatic nitrogens is 1. The fraction of sp³-hybridized carbons (Fsp3) is 0.176. The molecule has 3 rings (SSSR count). The topological polar surface area (TPSA) is 73.6 Å². The van der Waals surface area contributed by atoms with Gasteiger partial charge in [-0.05, 0) is 40.6 Å². The first-order valence-corrected chi connectivity index (χ1v) is 8.14. The van der Waals surface area contributed by atoms with E-state index in [0.717, 1.165) is 5.56 Å². The third kappa shape index (κ3) is 3.41. The molecule has 24 heavy (non-hydrogen) atoms. The number of amides is 1. The van der Waals surface area contributed by atoms with Gasteiger partial charge in [0, 0.05) is 12.6 Å². The minimum Gasteiger partial charge on any atom is -0.497 e. The van der Waals surface area contributed by atoms with Crippen LogP contribution in [0.1, 0.15) is 16.1 Å². The number of benzene rings is 1. The van der Waals surface area contributed by atoms with Crippen molar-refractivity contribution in [3.63, 3.8) is 0 Å². The van der Waals surface area contributed by atoms with Gasteiger partial charge >= 0.3 is 0 Å². The summed E-state index contributed by atoms with van der Waals surface area (Å²) in [6.07, 6.45) is 0. The van der Waals surface area contributed by atoms with Gasteiger partial charge in [0.1, 0.15) is 11.5 Å². The fourth-order valence-electron chi connectivity index (χ4n) is 2.18. The molecule has 7 heteroatoms. The Balaban J connectivity index is 1.78. The van der Waals surface area contributed by atoms with Crippen LogP contribution in [0.3, 0.4) is 0 Å². The molecule has 0 bridgehead atoms. The molecule has 0 aliphatic rings. The quantitative estimate of drug-likeness (QED) is 0.742. The van der Waals surface area contributed by atoms with Gasteiger partial charge in [0.05, 0.1) is 19.8 Å². The third-order valence-corrected chi connectivity index (χ3v) is 4.18. The largest absolute Gasteiger partial charge is 0.497 e. The average Bonchev–Trinajstić information content (AvgIpc) is 3.30. The number of carbonyl (C=O) groups is 1. The molecule has 0 aliphatic carbocycles. The summed E-state index contributed by atoms with van der Waals surface area (Å²) in [5.74, 6) is 1.41. The van der Waals surface area contributed by atoms with Crippen molar-refractivity contribution in [3.8, 4) is 22.8 Å². The van der Waals surface area contributed by atoms with Crippen molar-refractivity contribution in [2.45, 2.75) is 6.54 Å². The summed E-state index contributed by atoms with van der Waals surface area (Å²) in [4.78, 5) is 12.2. The number of methoxy groups -OCH3 is 2. The van der Waals surface area contributed by atoms with Crippen molar-refractivity contribution in [1.82, 2.24) is 10.5 Å². The SMILES string of the molecule is COc1ccc(OC)c(-c2cc(C(=O)NCc3ccsc3)no2)c1. The van der Waals surface area contributed by atoms with E-state index in [1.165, 1.54) is 0 Å². The monoisotopic (exact) mass is 344 g/mol. The molecule has 0 saturated carbocycles. The maximum Gasteiger partial charge on any atom is 0.273 e. The zero-order valence-corrected chi connectivity index (χ0v) is 14.1. The molecule has 6 nitrogen and oxygen atoms in total. The number of hydrogen-bond acceptors (Lipinski definition) is 6. The summed E-state index contributed by atoms with van der Waals surface area (Å²) in [6, 6.07) is 8.87. The number of hydrogen-bond donors (Lipinski definition) is 1. The molecular formula is C17H16N2O4S. The van der Waals surface area contributed by atoms with Gasteiger partial charge in [-0.25, -0.2) is 0 Å². The molecule has 1 amide bonds.